The third-order valence-electron chi connectivity index (χ3n) is 2.72. The molecule has 0 bridgehead atoms. The smallest absolute Gasteiger partial charge is 0.0947 e. The topological polar surface area (TPSA) is 47.7 Å². The van der Waals surface area contributed by atoms with E-state index >= 15 is 0 Å². The zero-order valence-electron chi connectivity index (χ0n) is 10.2. The first kappa shape index (κ1) is 12.3. The van der Waals surface area contributed by atoms with Crippen LogP contribution in [0.5, 0.6) is 0 Å². The molecule has 0 amide bonds. The van der Waals surface area contributed by atoms with Crippen LogP contribution >= 0.6 is 15.9 Å². The van der Waals surface area contributed by atoms with E-state index in [0.29, 0.717) is 0 Å². The number of imidazole rings is 1. The summed E-state index contributed by atoms with van der Waals surface area (Å²) in [6.07, 6.45) is 5.65. The molecule has 1 N–H and O–H groups in total. The minimum absolute atomic E-state index is 0.0491. The summed E-state index contributed by atoms with van der Waals surface area (Å²) in [7, 11) is 3.90. The van der Waals surface area contributed by atoms with Gasteiger partial charge < -0.3 is 9.88 Å². The van der Waals surface area contributed by atoms with Gasteiger partial charge in [-0.3, -0.25) is 4.68 Å². The summed E-state index contributed by atoms with van der Waals surface area (Å²) in [5.74, 6) is 0. The maximum atomic E-state index is 4.40. The van der Waals surface area contributed by atoms with Gasteiger partial charge in [0, 0.05) is 19.8 Å². The van der Waals surface area contributed by atoms with Crippen molar-refractivity contribution in [3.05, 3.63) is 34.6 Å². The van der Waals surface area contributed by atoms with Crippen molar-refractivity contribution in [2.45, 2.75) is 19.5 Å². The van der Waals surface area contributed by atoms with Crippen LogP contribution in [0.2, 0.25) is 0 Å². The van der Waals surface area contributed by atoms with Gasteiger partial charge in [0.1, 0.15) is 0 Å². The fourth-order valence-electron chi connectivity index (χ4n) is 1.92. The van der Waals surface area contributed by atoms with E-state index in [9.17, 15) is 0 Å². The van der Waals surface area contributed by atoms with Crippen molar-refractivity contribution in [3.63, 3.8) is 0 Å². The van der Waals surface area contributed by atoms with E-state index < -0.39 is 0 Å². The number of nitrogens with one attached hydrogen (secondary N) is 1. The Bertz CT molecular complexity index is 502. The molecule has 17 heavy (non-hydrogen) atoms. The van der Waals surface area contributed by atoms with Crippen molar-refractivity contribution in [2.75, 3.05) is 7.05 Å². The first-order chi connectivity index (χ1) is 8.17. The summed E-state index contributed by atoms with van der Waals surface area (Å²) in [6, 6.07) is 0.0491. The highest BCUT2D eigenvalue weighted by atomic mass is 79.9. The molecule has 1 atom stereocenters. The molecule has 0 saturated heterocycles. The Balaban J connectivity index is 2.44. The molecule has 0 aliphatic carbocycles. The van der Waals surface area contributed by atoms with Gasteiger partial charge in [-0.25, -0.2) is 4.98 Å². The Labute approximate surface area is 109 Å². The number of hydrogen-bond donors (Lipinski definition) is 1. The summed E-state index contributed by atoms with van der Waals surface area (Å²) in [5.41, 5.74) is 2.10. The van der Waals surface area contributed by atoms with Gasteiger partial charge in [-0.05, 0) is 29.9 Å². The molecule has 2 heterocycles. The molecular weight excluding hydrogens is 282 g/mol. The van der Waals surface area contributed by atoms with Crippen LogP contribution in [0, 0.1) is 0 Å². The van der Waals surface area contributed by atoms with Gasteiger partial charge in [-0.15, -0.1) is 0 Å². The predicted molar refractivity (Wildman–Crippen MR) is 69.7 cm³/mol. The Morgan fingerprint density at radius 3 is 2.82 bits per heavy atom. The van der Waals surface area contributed by atoms with Gasteiger partial charge in [-0.1, -0.05) is 0 Å². The van der Waals surface area contributed by atoms with Crippen LogP contribution in [0.1, 0.15) is 24.4 Å². The molecule has 6 heteroatoms. The van der Waals surface area contributed by atoms with Crippen LogP contribution < -0.4 is 5.32 Å². The Hall–Kier alpha value is -1.14. The van der Waals surface area contributed by atoms with Crippen molar-refractivity contribution < 1.29 is 0 Å². The largest absolute Gasteiger partial charge is 0.340 e. The first-order valence-electron chi connectivity index (χ1n) is 5.53. The summed E-state index contributed by atoms with van der Waals surface area (Å²) >= 11 is 3.55. The quantitative estimate of drug-likeness (QED) is 0.935. The fraction of sp³-hybridized carbons (Fsp3) is 0.455. The highest BCUT2D eigenvalue weighted by molar-refractivity contribution is 9.10. The SMILES string of the molecule is CCn1ncc(Br)c1C(NC)c1cn(C)cn1. The number of rotatable bonds is 4. The lowest BCUT2D eigenvalue weighted by molar-refractivity contribution is 0.555. The third kappa shape index (κ3) is 2.28. The highest BCUT2D eigenvalue weighted by Gasteiger charge is 2.21. The molecule has 0 fully saturated rings. The molecule has 0 aliphatic heterocycles. The van der Waals surface area contributed by atoms with Gasteiger partial charge in [0.2, 0.25) is 0 Å². The zero-order chi connectivity index (χ0) is 12.4. The van der Waals surface area contributed by atoms with Gasteiger partial charge in [0.25, 0.3) is 0 Å². The molecule has 2 rings (SSSR count). The van der Waals surface area contributed by atoms with Crippen molar-refractivity contribution >= 4 is 15.9 Å². The third-order valence-corrected chi connectivity index (χ3v) is 3.33. The van der Waals surface area contributed by atoms with E-state index in [1.54, 1.807) is 6.33 Å². The van der Waals surface area contributed by atoms with Gasteiger partial charge in [-0.2, -0.15) is 5.10 Å². The van der Waals surface area contributed by atoms with Crippen LogP contribution in [0.15, 0.2) is 23.2 Å². The molecule has 92 valence electrons. The summed E-state index contributed by atoms with van der Waals surface area (Å²) < 4.78 is 4.92. The number of halogens is 1. The number of aryl methyl sites for hydroxylation is 2. The van der Waals surface area contributed by atoms with Crippen LogP contribution in [0.3, 0.4) is 0 Å². The lowest BCUT2D eigenvalue weighted by atomic mass is 10.1. The Kier molecular flexibility index (Phi) is 3.63. The van der Waals surface area contributed by atoms with Crippen molar-refractivity contribution in [1.82, 2.24) is 24.6 Å². The van der Waals surface area contributed by atoms with Gasteiger partial charge in [0.15, 0.2) is 0 Å². The molecule has 0 radical (unpaired) electrons. The van der Waals surface area contributed by atoms with Crippen LogP contribution in [0.4, 0.5) is 0 Å². The van der Waals surface area contributed by atoms with E-state index in [0.717, 1.165) is 22.4 Å². The minimum atomic E-state index is 0.0491. The lowest BCUT2D eigenvalue weighted by Crippen LogP contribution is -2.22. The molecule has 2 aromatic rings. The van der Waals surface area contributed by atoms with Crippen LogP contribution in [-0.4, -0.2) is 26.4 Å². The molecule has 2 aromatic heterocycles. The average Bonchev–Trinajstić information content (AvgIpc) is 2.89. The molecule has 0 saturated carbocycles. The normalized spacial score (nSPS) is 12.9. The average molecular weight is 298 g/mol. The maximum absolute atomic E-state index is 4.40. The Morgan fingerprint density at radius 1 is 1.53 bits per heavy atom. The van der Waals surface area contributed by atoms with Gasteiger partial charge in [0.05, 0.1) is 34.4 Å². The molecule has 0 aromatic carbocycles. The summed E-state index contributed by atoms with van der Waals surface area (Å²) in [4.78, 5) is 4.40. The highest BCUT2D eigenvalue weighted by Crippen LogP contribution is 2.27. The molecule has 0 aliphatic rings. The summed E-state index contributed by atoms with van der Waals surface area (Å²) in [6.45, 7) is 2.92. The lowest BCUT2D eigenvalue weighted by Gasteiger charge is -2.16. The van der Waals surface area contributed by atoms with E-state index in [1.807, 2.05) is 35.7 Å². The molecule has 1 unspecified atom stereocenters. The predicted octanol–water partition coefficient (Wildman–Crippen LogP) is 1.71. The van der Waals surface area contributed by atoms with E-state index in [4.69, 9.17) is 0 Å². The summed E-state index contributed by atoms with van der Waals surface area (Å²) in [5, 5.41) is 7.61. The van der Waals surface area contributed by atoms with E-state index in [1.165, 1.54) is 0 Å². The fourth-order valence-corrected chi connectivity index (χ4v) is 2.44. The second-order valence-electron chi connectivity index (χ2n) is 3.88. The number of nitrogens with zero attached hydrogens (tertiary/aromatic N) is 4. The monoisotopic (exact) mass is 297 g/mol. The van der Waals surface area contributed by atoms with Crippen molar-refractivity contribution in [3.8, 4) is 0 Å². The maximum Gasteiger partial charge on any atom is 0.0947 e. The van der Waals surface area contributed by atoms with E-state index in [2.05, 4.69) is 38.3 Å². The van der Waals surface area contributed by atoms with Crippen molar-refractivity contribution in [1.29, 1.82) is 0 Å². The van der Waals surface area contributed by atoms with Crippen LogP contribution in [0.25, 0.3) is 0 Å². The number of hydrogen-bond acceptors (Lipinski definition) is 3. The minimum Gasteiger partial charge on any atom is -0.340 e. The molecular formula is C11H16BrN5. The molecule has 0 spiro atoms. The zero-order valence-corrected chi connectivity index (χ0v) is 11.8. The second-order valence-corrected chi connectivity index (χ2v) is 4.73. The van der Waals surface area contributed by atoms with Gasteiger partial charge >= 0.3 is 0 Å². The van der Waals surface area contributed by atoms with Crippen molar-refractivity contribution in [2.24, 2.45) is 7.05 Å². The first-order valence-corrected chi connectivity index (χ1v) is 6.33. The molecule has 5 nitrogen and oxygen atoms in total. The number of aromatic nitrogens is 4. The van der Waals surface area contributed by atoms with Crippen LogP contribution in [-0.2, 0) is 13.6 Å². The van der Waals surface area contributed by atoms with E-state index in [-0.39, 0.29) is 6.04 Å². The standard InChI is InChI=1S/C11H16BrN5/c1-4-17-11(8(12)5-15-17)10(13-2)9-6-16(3)7-14-9/h5-7,10,13H,4H2,1-3H3. The Morgan fingerprint density at radius 2 is 2.29 bits per heavy atom. The second kappa shape index (κ2) is 5.01.